The lowest BCUT2D eigenvalue weighted by atomic mass is 10.2. The second-order valence-corrected chi connectivity index (χ2v) is 5.24. The van der Waals surface area contributed by atoms with Crippen LogP contribution in [0.1, 0.15) is 17.3 Å². The van der Waals surface area contributed by atoms with Gasteiger partial charge in [0.2, 0.25) is 0 Å². The summed E-state index contributed by atoms with van der Waals surface area (Å²) in [7, 11) is 0. The minimum Gasteiger partial charge on any atom is -0.507 e. The number of nitrogens with one attached hydrogen (secondary N) is 1. The molecule has 12 heteroatoms. The summed E-state index contributed by atoms with van der Waals surface area (Å²) >= 11 is 3.19. The minimum atomic E-state index is -0.770. The van der Waals surface area contributed by atoms with Gasteiger partial charge in [-0.05, 0) is 30.0 Å². The fraction of sp³-hybridized carbons (Fsp3) is 0.182. The summed E-state index contributed by atoms with van der Waals surface area (Å²) in [5.74, 6) is -1.42. The van der Waals surface area contributed by atoms with Crippen LogP contribution in [0.25, 0.3) is 0 Å². The number of amides is 1. The van der Waals surface area contributed by atoms with E-state index in [1.165, 1.54) is 12.1 Å². The lowest BCUT2D eigenvalue weighted by molar-refractivity contribution is -0.394. The minimum absolute atomic E-state index is 0.00554. The van der Waals surface area contributed by atoms with Crippen molar-refractivity contribution in [3.8, 4) is 5.75 Å². The number of aromatic nitrogens is 4. The van der Waals surface area contributed by atoms with Gasteiger partial charge in [-0.1, -0.05) is 20.7 Å². The normalized spacial score (nSPS) is 11.3. The maximum atomic E-state index is 11.9. The molecule has 0 spiro atoms. The third-order valence-electron chi connectivity index (χ3n) is 2.53. The summed E-state index contributed by atoms with van der Waals surface area (Å²) in [5, 5.41) is 34.1. The van der Waals surface area contributed by atoms with Gasteiger partial charge in [-0.3, -0.25) is 4.79 Å². The van der Waals surface area contributed by atoms with E-state index in [1.807, 2.05) is 0 Å². The van der Waals surface area contributed by atoms with Gasteiger partial charge in [0.25, 0.3) is 5.91 Å². The van der Waals surface area contributed by atoms with Gasteiger partial charge in [0.1, 0.15) is 12.3 Å². The highest BCUT2D eigenvalue weighted by atomic mass is 79.9. The van der Waals surface area contributed by atoms with Gasteiger partial charge in [-0.15, -0.1) is 0 Å². The number of phenols is 1. The second kappa shape index (κ2) is 6.91. The Morgan fingerprint density at radius 2 is 2.30 bits per heavy atom. The van der Waals surface area contributed by atoms with E-state index < -0.39 is 16.8 Å². The predicted molar refractivity (Wildman–Crippen MR) is 80.9 cm³/mol. The van der Waals surface area contributed by atoms with Gasteiger partial charge < -0.3 is 15.2 Å². The lowest BCUT2D eigenvalue weighted by Crippen LogP contribution is -2.21. The Bertz CT molecular complexity index is 788. The number of hydrazone groups is 1. The van der Waals surface area contributed by atoms with Crippen LogP contribution in [0.15, 0.2) is 27.8 Å². The largest absolute Gasteiger partial charge is 0.514 e. The number of hydrogen-bond acceptors (Lipinski definition) is 8. The number of nitro groups is 1. The molecule has 0 saturated heterocycles. The Morgan fingerprint density at radius 1 is 1.57 bits per heavy atom. The van der Waals surface area contributed by atoms with E-state index in [0.717, 1.165) is 4.80 Å². The van der Waals surface area contributed by atoms with Crippen LogP contribution in [-0.4, -0.2) is 41.9 Å². The van der Waals surface area contributed by atoms with Gasteiger partial charge in [0, 0.05) is 9.69 Å². The van der Waals surface area contributed by atoms with E-state index in [-0.39, 0.29) is 17.9 Å². The quantitative estimate of drug-likeness (QED) is 0.441. The fourth-order valence-corrected chi connectivity index (χ4v) is 1.87. The molecule has 0 radical (unpaired) electrons. The molecule has 1 amide bonds. The molecule has 1 aromatic heterocycles. The number of phenolic OH excluding ortho intramolecular Hbond substituents is 1. The molecule has 2 N–H and O–H groups in total. The lowest BCUT2D eigenvalue weighted by Gasteiger charge is -2.04. The third kappa shape index (κ3) is 4.29. The summed E-state index contributed by atoms with van der Waals surface area (Å²) < 4.78 is 0.625. The number of rotatable bonds is 5. The number of benzene rings is 1. The highest BCUT2D eigenvalue weighted by Gasteiger charge is 2.16. The Morgan fingerprint density at radius 3 is 2.96 bits per heavy atom. The zero-order chi connectivity index (χ0) is 17.0. The average Bonchev–Trinajstić information content (AvgIpc) is 2.96. The maximum Gasteiger partial charge on any atom is 0.514 e. The summed E-state index contributed by atoms with van der Waals surface area (Å²) in [4.78, 5) is 22.6. The third-order valence-corrected chi connectivity index (χ3v) is 3.02. The fourth-order valence-electron chi connectivity index (χ4n) is 1.51. The first-order chi connectivity index (χ1) is 10.9. The van der Waals surface area contributed by atoms with Gasteiger partial charge >= 0.3 is 5.95 Å². The molecular weight excluding hydrogens is 374 g/mol. The SMILES string of the molecule is C/C(Cn1nnc([N+](=O)[O-])n1)=N\NC(=O)c1cc(Br)ccc1O. The molecule has 11 nitrogen and oxygen atoms in total. The molecule has 0 aliphatic carbocycles. The molecule has 0 aliphatic rings. The van der Waals surface area contributed by atoms with Crippen LogP contribution in [0.3, 0.4) is 0 Å². The standard InChI is InChI=1S/C11H10BrN7O4/c1-6(5-18-16-11(15-17-18)19(22)23)13-14-10(21)8-4-7(12)2-3-9(8)20/h2-4,20H,5H2,1H3,(H,14,21)/b13-6+. The first kappa shape index (κ1) is 16.5. The topological polar surface area (TPSA) is 148 Å². The first-order valence-electron chi connectivity index (χ1n) is 6.11. The van der Waals surface area contributed by atoms with Crippen LogP contribution in [0, 0.1) is 10.1 Å². The highest BCUT2D eigenvalue weighted by molar-refractivity contribution is 9.10. The summed E-state index contributed by atoms with van der Waals surface area (Å²) in [6.45, 7) is 1.57. The Balaban J connectivity index is 2.02. The van der Waals surface area contributed by atoms with E-state index in [1.54, 1.807) is 13.0 Å². The van der Waals surface area contributed by atoms with Crippen molar-refractivity contribution < 1.29 is 14.8 Å². The average molecular weight is 384 g/mol. The number of tetrazole rings is 1. The predicted octanol–water partition coefficient (Wildman–Crippen LogP) is 0.855. The Labute approximate surface area is 137 Å². The van der Waals surface area contributed by atoms with Crippen LogP contribution in [0.2, 0.25) is 0 Å². The van der Waals surface area contributed by atoms with Crippen LogP contribution < -0.4 is 5.43 Å². The first-order valence-corrected chi connectivity index (χ1v) is 6.90. The molecule has 2 rings (SSSR count). The zero-order valence-corrected chi connectivity index (χ0v) is 13.3. The van der Waals surface area contributed by atoms with Crippen molar-refractivity contribution >= 4 is 33.5 Å². The molecule has 120 valence electrons. The number of nitrogens with zero attached hydrogens (tertiary/aromatic N) is 6. The van der Waals surface area contributed by atoms with E-state index >= 15 is 0 Å². The molecule has 1 heterocycles. The van der Waals surface area contributed by atoms with Gasteiger partial charge in [-0.2, -0.15) is 5.10 Å². The van der Waals surface area contributed by atoms with Crippen molar-refractivity contribution in [2.24, 2.45) is 5.10 Å². The van der Waals surface area contributed by atoms with Crippen LogP contribution >= 0.6 is 15.9 Å². The molecule has 1 aromatic carbocycles. The zero-order valence-electron chi connectivity index (χ0n) is 11.7. The smallest absolute Gasteiger partial charge is 0.507 e. The van der Waals surface area contributed by atoms with Gasteiger partial charge in [0.15, 0.2) is 0 Å². The molecule has 0 unspecified atom stereocenters. The van der Waals surface area contributed by atoms with Crippen molar-refractivity contribution in [3.05, 3.63) is 38.3 Å². The van der Waals surface area contributed by atoms with Crippen LogP contribution in [0.4, 0.5) is 5.95 Å². The molecule has 0 fully saturated rings. The van der Waals surface area contributed by atoms with E-state index in [9.17, 15) is 20.0 Å². The Hall–Kier alpha value is -2.89. The van der Waals surface area contributed by atoms with Crippen molar-refractivity contribution in [3.63, 3.8) is 0 Å². The molecule has 0 atom stereocenters. The molecule has 0 aliphatic heterocycles. The number of aromatic hydroxyl groups is 1. The van der Waals surface area contributed by atoms with E-state index in [4.69, 9.17) is 0 Å². The molecule has 2 aromatic rings. The molecule has 23 heavy (non-hydrogen) atoms. The van der Waals surface area contributed by atoms with Crippen molar-refractivity contribution in [1.82, 2.24) is 25.6 Å². The monoisotopic (exact) mass is 383 g/mol. The molecule has 0 bridgehead atoms. The van der Waals surface area contributed by atoms with Crippen molar-refractivity contribution in [2.75, 3.05) is 0 Å². The summed E-state index contributed by atoms with van der Waals surface area (Å²) in [5.41, 5.74) is 2.68. The van der Waals surface area contributed by atoms with Crippen molar-refractivity contribution in [1.29, 1.82) is 0 Å². The van der Waals surface area contributed by atoms with Crippen molar-refractivity contribution in [2.45, 2.75) is 13.5 Å². The van der Waals surface area contributed by atoms with Crippen LogP contribution in [-0.2, 0) is 6.54 Å². The number of carbonyl (C=O) groups is 1. The van der Waals surface area contributed by atoms with E-state index in [2.05, 4.69) is 41.9 Å². The van der Waals surface area contributed by atoms with Gasteiger partial charge in [0.05, 0.1) is 21.5 Å². The summed E-state index contributed by atoms with van der Waals surface area (Å²) in [6, 6.07) is 4.40. The second-order valence-electron chi connectivity index (χ2n) is 4.33. The number of hydrogen-bond donors (Lipinski definition) is 2. The highest BCUT2D eigenvalue weighted by Crippen LogP contribution is 2.21. The Kier molecular flexibility index (Phi) is 4.95. The molecule has 0 saturated carbocycles. The van der Waals surface area contributed by atoms with Gasteiger partial charge in [-0.25, -0.2) is 5.43 Å². The number of carbonyl (C=O) groups excluding carboxylic acids is 1. The number of halogens is 1. The molecular formula is C11H10BrN7O4. The van der Waals surface area contributed by atoms with Crippen LogP contribution in [0.5, 0.6) is 5.75 Å². The van der Waals surface area contributed by atoms with E-state index in [0.29, 0.717) is 10.2 Å². The summed E-state index contributed by atoms with van der Waals surface area (Å²) in [6.07, 6.45) is 0. The maximum absolute atomic E-state index is 11.9.